The average Bonchev–Trinajstić information content (AvgIpc) is 3.05. The molecule has 0 radical (unpaired) electrons. The third-order valence-corrected chi connectivity index (χ3v) is 3.34. The van der Waals surface area contributed by atoms with Gasteiger partial charge < -0.3 is 4.40 Å². The molecule has 2 N–H and O–H groups in total. The summed E-state index contributed by atoms with van der Waals surface area (Å²) in [7, 11) is 0. The van der Waals surface area contributed by atoms with E-state index in [9.17, 15) is 4.79 Å². The molecule has 1 aliphatic rings. The Kier molecular flexibility index (Phi) is 2.60. The topological polar surface area (TPSA) is 66.6 Å². The van der Waals surface area contributed by atoms with Crippen LogP contribution in [0.4, 0.5) is 0 Å². The van der Waals surface area contributed by atoms with E-state index in [4.69, 9.17) is 5.21 Å². The second kappa shape index (κ2) is 4.27. The molecule has 1 amide bonds. The Morgan fingerprint density at radius 2 is 2.39 bits per heavy atom. The summed E-state index contributed by atoms with van der Waals surface area (Å²) in [6.45, 7) is 0. The van der Waals surface area contributed by atoms with Gasteiger partial charge in [0, 0.05) is 18.6 Å². The molecule has 2 heterocycles. The minimum absolute atomic E-state index is 0.235. The highest BCUT2D eigenvalue weighted by atomic mass is 16.5. The third-order valence-electron chi connectivity index (χ3n) is 3.34. The Hall–Kier alpha value is -2.14. The van der Waals surface area contributed by atoms with Crippen LogP contribution in [-0.2, 0) is 4.79 Å². The van der Waals surface area contributed by atoms with Gasteiger partial charge in [-0.05, 0) is 36.1 Å². The van der Waals surface area contributed by atoms with Crippen molar-refractivity contribution in [3.05, 3.63) is 42.4 Å². The molecule has 3 rings (SSSR count). The molecule has 0 saturated heterocycles. The second-order valence-corrected chi connectivity index (χ2v) is 4.42. The van der Waals surface area contributed by atoms with Gasteiger partial charge in [0.05, 0.1) is 5.92 Å². The van der Waals surface area contributed by atoms with Crippen LogP contribution in [0.3, 0.4) is 0 Å². The Morgan fingerprint density at radius 3 is 3.22 bits per heavy atom. The molecule has 2 aromatic heterocycles. The van der Waals surface area contributed by atoms with Crippen LogP contribution >= 0.6 is 0 Å². The molecular formula is C13H13N3O2. The maximum absolute atomic E-state index is 11.3. The number of carbonyl (C=O) groups excluding carboxylic acids is 1. The Balaban J connectivity index is 1.93. The lowest BCUT2D eigenvalue weighted by Crippen LogP contribution is -2.25. The molecule has 1 atom stereocenters. The number of fused-ring (bicyclic) bond motifs is 1. The van der Waals surface area contributed by atoms with Crippen LogP contribution in [0.15, 0.2) is 36.8 Å². The van der Waals surface area contributed by atoms with Gasteiger partial charge in [0.25, 0.3) is 0 Å². The first-order valence-electron chi connectivity index (χ1n) is 5.85. The van der Waals surface area contributed by atoms with E-state index >= 15 is 0 Å². The molecule has 0 fully saturated rings. The number of hydroxylamine groups is 1. The van der Waals surface area contributed by atoms with Gasteiger partial charge >= 0.3 is 0 Å². The summed E-state index contributed by atoms with van der Waals surface area (Å²) in [6.07, 6.45) is 9.10. The highest BCUT2D eigenvalue weighted by molar-refractivity contribution is 5.84. The van der Waals surface area contributed by atoms with Crippen molar-refractivity contribution in [3.63, 3.8) is 0 Å². The summed E-state index contributed by atoms with van der Waals surface area (Å²) in [5.41, 5.74) is 4.82. The standard InChI is InChI=1S/C13H13N3O2/c17-13(15-18)11-2-1-9(7-11)10-3-5-16-6-4-14-12(16)8-10/h3-8,11,18H,1-2H2,(H,15,17). The highest BCUT2D eigenvalue weighted by Gasteiger charge is 2.23. The molecule has 18 heavy (non-hydrogen) atoms. The lowest BCUT2D eigenvalue weighted by atomic mass is 10.1. The van der Waals surface area contributed by atoms with E-state index in [1.54, 1.807) is 11.7 Å². The summed E-state index contributed by atoms with van der Waals surface area (Å²) >= 11 is 0. The van der Waals surface area contributed by atoms with Crippen LogP contribution in [0, 0.1) is 5.92 Å². The van der Waals surface area contributed by atoms with Crippen molar-refractivity contribution in [1.82, 2.24) is 14.9 Å². The van der Waals surface area contributed by atoms with Crippen LogP contribution in [0.5, 0.6) is 0 Å². The minimum Gasteiger partial charge on any atom is -0.307 e. The maximum atomic E-state index is 11.3. The number of pyridine rings is 1. The van der Waals surface area contributed by atoms with E-state index in [2.05, 4.69) is 4.98 Å². The van der Waals surface area contributed by atoms with Crippen LogP contribution in [0.1, 0.15) is 18.4 Å². The fourth-order valence-corrected chi connectivity index (χ4v) is 2.36. The van der Waals surface area contributed by atoms with Gasteiger partial charge in [0.2, 0.25) is 5.91 Å². The molecule has 0 bridgehead atoms. The second-order valence-electron chi connectivity index (χ2n) is 4.42. The first-order chi connectivity index (χ1) is 8.78. The number of aromatic nitrogens is 2. The highest BCUT2D eigenvalue weighted by Crippen LogP contribution is 2.31. The molecule has 1 aliphatic carbocycles. The molecule has 92 valence electrons. The average molecular weight is 243 g/mol. The van der Waals surface area contributed by atoms with Crippen molar-refractivity contribution in [3.8, 4) is 0 Å². The Morgan fingerprint density at radius 1 is 1.50 bits per heavy atom. The number of imidazole rings is 1. The molecule has 2 aromatic rings. The monoisotopic (exact) mass is 243 g/mol. The number of hydrogen-bond acceptors (Lipinski definition) is 3. The normalized spacial score (nSPS) is 18.9. The SMILES string of the molecule is O=C(NO)C1C=C(c2ccn3ccnc3c2)CC1. The van der Waals surface area contributed by atoms with Crippen molar-refractivity contribution in [1.29, 1.82) is 0 Å². The summed E-state index contributed by atoms with van der Waals surface area (Å²) in [4.78, 5) is 15.6. The fourth-order valence-electron chi connectivity index (χ4n) is 2.36. The van der Waals surface area contributed by atoms with Gasteiger partial charge in [-0.1, -0.05) is 6.08 Å². The zero-order valence-corrected chi connectivity index (χ0v) is 9.71. The van der Waals surface area contributed by atoms with Crippen molar-refractivity contribution in [2.45, 2.75) is 12.8 Å². The van der Waals surface area contributed by atoms with E-state index in [0.29, 0.717) is 0 Å². The molecule has 0 saturated carbocycles. The van der Waals surface area contributed by atoms with Crippen LogP contribution in [0.25, 0.3) is 11.2 Å². The number of rotatable bonds is 2. The summed E-state index contributed by atoms with van der Waals surface area (Å²) < 4.78 is 1.94. The van der Waals surface area contributed by atoms with E-state index in [0.717, 1.165) is 29.6 Å². The lowest BCUT2D eigenvalue weighted by molar-refractivity contribution is -0.131. The smallest absolute Gasteiger partial charge is 0.250 e. The Labute approximate surface area is 104 Å². The molecule has 1 unspecified atom stereocenters. The molecule has 5 nitrogen and oxygen atoms in total. The van der Waals surface area contributed by atoms with Gasteiger partial charge in [-0.25, -0.2) is 10.5 Å². The molecule has 0 aromatic carbocycles. The lowest BCUT2D eigenvalue weighted by Gasteiger charge is -2.02. The number of amides is 1. The summed E-state index contributed by atoms with van der Waals surface area (Å²) in [5.74, 6) is -0.576. The van der Waals surface area contributed by atoms with Gasteiger partial charge in [-0.15, -0.1) is 0 Å². The van der Waals surface area contributed by atoms with Crippen LogP contribution < -0.4 is 5.48 Å². The number of nitrogens with zero attached hydrogens (tertiary/aromatic N) is 2. The number of hydrogen-bond donors (Lipinski definition) is 2. The van der Waals surface area contributed by atoms with Gasteiger partial charge in [0.1, 0.15) is 5.65 Å². The molecule has 5 heteroatoms. The molecule has 0 aliphatic heterocycles. The first-order valence-corrected chi connectivity index (χ1v) is 5.85. The quantitative estimate of drug-likeness (QED) is 0.622. The van der Waals surface area contributed by atoms with E-state index in [-0.39, 0.29) is 11.8 Å². The fraction of sp³-hybridized carbons (Fsp3) is 0.231. The van der Waals surface area contributed by atoms with Crippen LogP contribution in [0.2, 0.25) is 0 Å². The van der Waals surface area contributed by atoms with Gasteiger partial charge in [-0.2, -0.15) is 0 Å². The van der Waals surface area contributed by atoms with E-state index in [1.807, 2.05) is 35.0 Å². The number of nitrogens with one attached hydrogen (secondary N) is 1. The zero-order valence-electron chi connectivity index (χ0n) is 9.71. The number of allylic oxidation sites excluding steroid dienone is 1. The third kappa shape index (κ3) is 1.78. The largest absolute Gasteiger partial charge is 0.307 e. The molecule has 0 spiro atoms. The Bertz CT molecular complexity index is 630. The van der Waals surface area contributed by atoms with E-state index in [1.165, 1.54) is 0 Å². The number of carbonyl (C=O) groups is 1. The van der Waals surface area contributed by atoms with Crippen molar-refractivity contribution in [2.24, 2.45) is 5.92 Å². The summed E-state index contributed by atoms with van der Waals surface area (Å²) in [6, 6.07) is 4.02. The van der Waals surface area contributed by atoms with E-state index < -0.39 is 0 Å². The van der Waals surface area contributed by atoms with Crippen LogP contribution in [-0.4, -0.2) is 20.5 Å². The predicted molar refractivity (Wildman–Crippen MR) is 65.8 cm³/mol. The summed E-state index contributed by atoms with van der Waals surface area (Å²) in [5, 5.41) is 8.62. The predicted octanol–water partition coefficient (Wildman–Crippen LogP) is 1.63. The maximum Gasteiger partial charge on any atom is 0.250 e. The van der Waals surface area contributed by atoms with Crippen molar-refractivity contribution >= 4 is 17.1 Å². The van der Waals surface area contributed by atoms with Crippen molar-refractivity contribution < 1.29 is 10.0 Å². The first kappa shape index (κ1) is 11.0. The zero-order chi connectivity index (χ0) is 12.5. The minimum atomic E-state index is -0.341. The van der Waals surface area contributed by atoms with Gasteiger partial charge in [0.15, 0.2) is 0 Å². The van der Waals surface area contributed by atoms with Gasteiger partial charge in [-0.3, -0.25) is 10.0 Å². The molecular weight excluding hydrogens is 230 g/mol. The van der Waals surface area contributed by atoms with Crippen molar-refractivity contribution in [2.75, 3.05) is 0 Å².